The Morgan fingerprint density at radius 1 is 1.33 bits per heavy atom. The average molecular weight is 332 g/mol. The van der Waals surface area contributed by atoms with Gasteiger partial charge >= 0.3 is 5.97 Å². The van der Waals surface area contributed by atoms with E-state index in [9.17, 15) is 19.7 Å². The van der Waals surface area contributed by atoms with Crippen LogP contribution in [0, 0.1) is 27.4 Å². The normalized spacial score (nSPS) is 12.2. The van der Waals surface area contributed by atoms with Crippen LogP contribution >= 0.6 is 0 Å². The van der Waals surface area contributed by atoms with Crippen molar-refractivity contribution in [1.82, 2.24) is 5.32 Å². The number of nitro benzene ring substituents is 1. The zero-order valence-electron chi connectivity index (χ0n) is 13.0. The van der Waals surface area contributed by atoms with Gasteiger partial charge in [-0.1, -0.05) is 13.8 Å². The summed E-state index contributed by atoms with van der Waals surface area (Å²) in [6, 6.07) is 5.91. The first-order chi connectivity index (χ1) is 11.3. The number of nitrogens with zero attached hydrogens (tertiary/aromatic N) is 2. The molecule has 0 aliphatic rings. The van der Waals surface area contributed by atoms with Gasteiger partial charge in [-0.3, -0.25) is 14.9 Å². The number of carboxylic acid groups (broad SMARTS) is 1. The van der Waals surface area contributed by atoms with Gasteiger partial charge in [-0.15, -0.1) is 0 Å². The third-order valence-electron chi connectivity index (χ3n) is 3.05. The standard InChI is InChI=1S/C15H16N4O5/c1-9(2)13(15(21)22)18-14(20)10(7-16)8-17-11-3-5-12(6-4-11)19(23)24/h3-6,8-9,13,17H,1-2H3,(H,18,20)(H,21,22)/b10-8-. The van der Waals surface area contributed by atoms with Crippen LogP contribution in [0.5, 0.6) is 0 Å². The summed E-state index contributed by atoms with van der Waals surface area (Å²) in [5.74, 6) is -2.37. The van der Waals surface area contributed by atoms with Crippen molar-refractivity contribution in [3.8, 4) is 6.07 Å². The van der Waals surface area contributed by atoms with E-state index in [0.717, 1.165) is 6.20 Å². The molecule has 1 rings (SSSR count). The summed E-state index contributed by atoms with van der Waals surface area (Å²) in [4.78, 5) is 33.0. The van der Waals surface area contributed by atoms with Crippen molar-refractivity contribution < 1.29 is 19.6 Å². The van der Waals surface area contributed by atoms with Crippen molar-refractivity contribution >= 4 is 23.3 Å². The smallest absolute Gasteiger partial charge is 0.326 e. The van der Waals surface area contributed by atoms with Crippen LogP contribution in [-0.4, -0.2) is 27.9 Å². The second-order valence-corrected chi connectivity index (χ2v) is 5.15. The lowest BCUT2D eigenvalue weighted by molar-refractivity contribution is -0.384. The van der Waals surface area contributed by atoms with Crippen molar-refractivity contribution in [2.45, 2.75) is 19.9 Å². The molecule has 0 aliphatic heterocycles. The maximum Gasteiger partial charge on any atom is 0.326 e. The molecule has 9 heteroatoms. The molecule has 0 aliphatic carbocycles. The van der Waals surface area contributed by atoms with Crippen LogP contribution in [0.15, 0.2) is 36.0 Å². The molecular formula is C15H16N4O5. The highest BCUT2D eigenvalue weighted by atomic mass is 16.6. The molecule has 9 nitrogen and oxygen atoms in total. The SMILES string of the molecule is CC(C)C(NC(=O)/C(C#N)=C\Nc1ccc([N+](=O)[O-])cc1)C(=O)O. The molecule has 0 spiro atoms. The van der Waals surface area contributed by atoms with Crippen LogP contribution in [0.2, 0.25) is 0 Å². The molecule has 1 unspecified atom stereocenters. The van der Waals surface area contributed by atoms with Gasteiger partial charge in [0.15, 0.2) is 0 Å². The Morgan fingerprint density at radius 2 is 1.92 bits per heavy atom. The zero-order valence-corrected chi connectivity index (χ0v) is 13.0. The topological polar surface area (TPSA) is 145 Å². The molecule has 0 saturated carbocycles. The highest BCUT2D eigenvalue weighted by Gasteiger charge is 2.24. The molecule has 0 saturated heterocycles. The van der Waals surface area contributed by atoms with Gasteiger partial charge in [0.05, 0.1) is 4.92 Å². The number of carbonyl (C=O) groups excluding carboxylic acids is 1. The lowest BCUT2D eigenvalue weighted by Crippen LogP contribution is -2.44. The fraction of sp³-hybridized carbons (Fsp3) is 0.267. The van der Waals surface area contributed by atoms with E-state index in [2.05, 4.69) is 10.6 Å². The number of rotatable bonds is 7. The second kappa shape index (κ2) is 8.28. The maximum atomic E-state index is 12.0. The lowest BCUT2D eigenvalue weighted by Gasteiger charge is -2.17. The van der Waals surface area contributed by atoms with E-state index in [0.29, 0.717) is 5.69 Å². The monoisotopic (exact) mass is 332 g/mol. The number of amides is 1. The van der Waals surface area contributed by atoms with Crippen molar-refractivity contribution in [2.24, 2.45) is 5.92 Å². The molecular weight excluding hydrogens is 316 g/mol. The molecule has 0 radical (unpaired) electrons. The minimum absolute atomic E-state index is 0.0935. The molecule has 0 fully saturated rings. The Bertz CT molecular complexity index is 704. The van der Waals surface area contributed by atoms with Crippen molar-refractivity contribution in [1.29, 1.82) is 5.26 Å². The van der Waals surface area contributed by atoms with Crippen molar-refractivity contribution in [3.05, 3.63) is 46.2 Å². The summed E-state index contributed by atoms with van der Waals surface area (Å²) in [6.07, 6.45) is 1.11. The van der Waals surface area contributed by atoms with E-state index in [1.807, 2.05) is 0 Å². The number of carbonyl (C=O) groups is 2. The summed E-state index contributed by atoms with van der Waals surface area (Å²) in [6.45, 7) is 3.26. The van der Waals surface area contributed by atoms with Crippen LogP contribution in [-0.2, 0) is 9.59 Å². The zero-order chi connectivity index (χ0) is 18.3. The van der Waals surface area contributed by atoms with E-state index in [1.54, 1.807) is 19.9 Å². The van der Waals surface area contributed by atoms with Gasteiger partial charge in [-0.25, -0.2) is 4.79 Å². The quantitative estimate of drug-likeness (QED) is 0.298. The Hall–Kier alpha value is -3.41. The molecule has 0 aromatic heterocycles. The summed E-state index contributed by atoms with van der Waals surface area (Å²) in [7, 11) is 0. The number of carboxylic acids is 1. The number of nitrogens with one attached hydrogen (secondary N) is 2. The number of aliphatic carboxylic acids is 1. The Morgan fingerprint density at radius 3 is 2.33 bits per heavy atom. The number of hydrogen-bond donors (Lipinski definition) is 3. The molecule has 1 aromatic rings. The van der Waals surface area contributed by atoms with Crippen LogP contribution < -0.4 is 10.6 Å². The highest BCUT2D eigenvalue weighted by Crippen LogP contribution is 2.15. The summed E-state index contributed by atoms with van der Waals surface area (Å²) in [5, 5.41) is 33.5. The highest BCUT2D eigenvalue weighted by molar-refractivity contribution is 5.99. The third-order valence-corrected chi connectivity index (χ3v) is 3.05. The molecule has 0 heterocycles. The first kappa shape index (κ1) is 18.6. The molecule has 126 valence electrons. The molecule has 1 atom stereocenters. The van der Waals surface area contributed by atoms with Crippen LogP contribution in [0.3, 0.4) is 0 Å². The maximum absolute atomic E-state index is 12.0. The van der Waals surface area contributed by atoms with Gasteiger partial charge in [0.25, 0.3) is 11.6 Å². The third kappa shape index (κ3) is 5.10. The van der Waals surface area contributed by atoms with Crippen LogP contribution in [0.25, 0.3) is 0 Å². The van der Waals surface area contributed by atoms with Gasteiger partial charge in [-0.2, -0.15) is 5.26 Å². The van der Waals surface area contributed by atoms with E-state index >= 15 is 0 Å². The van der Waals surface area contributed by atoms with Gasteiger partial charge in [0.1, 0.15) is 17.7 Å². The molecule has 1 amide bonds. The predicted molar refractivity (Wildman–Crippen MR) is 84.8 cm³/mol. The molecule has 0 bridgehead atoms. The summed E-state index contributed by atoms with van der Waals surface area (Å²) < 4.78 is 0. The van der Waals surface area contributed by atoms with Gasteiger partial charge in [0, 0.05) is 24.0 Å². The second-order valence-electron chi connectivity index (χ2n) is 5.15. The van der Waals surface area contributed by atoms with Crippen molar-refractivity contribution in [2.75, 3.05) is 5.32 Å². The van der Waals surface area contributed by atoms with E-state index in [4.69, 9.17) is 10.4 Å². The summed E-state index contributed by atoms with van der Waals surface area (Å²) >= 11 is 0. The first-order valence-corrected chi connectivity index (χ1v) is 6.91. The number of hydrogen-bond acceptors (Lipinski definition) is 6. The van der Waals surface area contributed by atoms with E-state index in [-0.39, 0.29) is 17.2 Å². The van der Waals surface area contributed by atoms with Gasteiger partial charge < -0.3 is 15.7 Å². The molecule has 24 heavy (non-hydrogen) atoms. The Labute approximate surface area is 137 Å². The first-order valence-electron chi connectivity index (χ1n) is 6.91. The van der Waals surface area contributed by atoms with E-state index in [1.165, 1.54) is 24.3 Å². The largest absolute Gasteiger partial charge is 0.480 e. The Balaban J connectivity index is 2.83. The fourth-order valence-corrected chi connectivity index (χ4v) is 1.72. The predicted octanol–water partition coefficient (Wildman–Crippen LogP) is 1.64. The van der Waals surface area contributed by atoms with E-state index < -0.39 is 22.8 Å². The number of benzene rings is 1. The number of nitro groups is 1. The molecule has 1 aromatic carbocycles. The number of non-ortho nitro benzene ring substituents is 1. The minimum Gasteiger partial charge on any atom is -0.480 e. The van der Waals surface area contributed by atoms with Gasteiger partial charge in [-0.05, 0) is 18.1 Å². The fourth-order valence-electron chi connectivity index (χ4n) is 1.72. The number of anilines is 1. The lowest BCUT2D eigenvalue weighted by atomic mass is 10.0. The molecule has 3 N–H and O–H groups in total. The summed E-state index contributed by atoms with van der Waals surface area (Å²) in [5.41, 5.74) is 0.0176. The van der Waals surface area contributed by atoms with Crippen molar-refractivity contribution in [3.63, 3.8) is 0 Å². The average Bonchev–Trinajstić information content (AvgIpc) is 2.52. The van der Waals surface area contributed by atoms with Crippen LogP contribution in [0.4, 0.5) is 11.4 Å². The van der Waals surface area contributed by atoms with Gasteiger partial charge in [0.2, 0.25) is 0 Å². The number of nitriles is 1. The minimum atomic E-state index is -1.20. The van der Waals surface area contributed by atoms with Crippen LogP contribution in [0.1, 0.15) is 13.8 Å². The Kier molecular flexibility index (Phi) is 6.43.